The van der Waals surface area contributed by atoms with Gasteiger partial charge in [0.05, 0.1) is 6.26 Å². The molecule has 0 bridgehead atoms. The van der Waals surface area contributed by atoms with Gasteiger partial charge in [-0.15, -0.1) is 0 Å². The molecule has 17 heavy (non-hydrogen) atoms. The lowest BCUT2D eigenvalue weighted by atomic mass is 10.0. The number of hydrogen-bond acceptors (Lipinski definition) is 2. The molecule has 90 valence electrons. The molecular weight excluding hydrogens is 346 g/mol. The van der Waals surface area contributed by atoms with Crippen molar-refractivity contribution < 1.29 is 4.42 Å². The Bertz CT molecular complexity index is 496. The van der Waals surface area contributed by atoms with Crippen LogP contribution in [0, 0.1) is 0 Å². The van der Waals surface area contributed by atoms with Gasteiger partial charge in [0, 0.05) is 16.1 Å². The minimum atomic E-state index is 0.248. The Balaban J connectivity index is 2.19. The zero-order valence-corrected chi connectivity index (χ0v) is 12.6. The number of rotatable bonds is 4. The summed E-state index contributed by atoms with van der Waals surface area (Å²) >= 11 is 6.91. The van der Waals surface area contributed by atoms with Gasteiger partial charge < -0.3 is 9.73 Å². The minimum absolute atomic E-state index is 0.248. The molecule has 1 heterocycles. The smallest absolute Gasteiger partial charge is 0.173 e. The van der Waals surface area contributed by atoms with Crippen LogP contribution in [-0.4, -0.2) is 7.05 Å². The quantitative estimate of drug-likeness (QED) is 0.880. The third-order valence-electron chi connectivity index (χ3n) is 2.70. The highest BCUT2D eigenvalue weighted by molar-refractivity contribution is 9.10. The van der Waals surface area contributed by atoms with E-state index in [2.05, 4.69) is 55.4 Å². The Morgan fingerprint density at radius 1 is 1.29 bits per heavy atom. The first-order valence-corrected chi connectivity index (χ1v) is 6.94. The minimum Gasteiger partial charge on any atom is -0.457 e. The second-order valence-corrected chi connectivity index (χ2v) is 5.46. The maximum absolute atomic E-state index is 5.28. The molecule has 2 aromatic rings. The number of halogens is 2. The third kappa shape index (κ3) is 3.21. The van der Waals surface area contributed by atoms with Crippen LogP contribution in [0.15, 0.2) is 50.2 Å². The molecular formula is C13H13Br2NO. The molecule has 1 aromatic carbocycles. The zero-order valence-electron chi connectivity index (χ0n) is 9.41. The summed E-state index contributed by atoms with van der Waals surface area (Å²) in [6.45, 7) is 0. The van der Waals surface area contributed by atoms with E-state index in [0.717, 1.165) is 21.1 Å². The fourth-order valence-corrected chi connectivity index (χ4v) is 2.78. The van der Waals surface area contributed by atoms with Crippen LogP contribution in [0.2, 0.25) is 0 Å². The van der Waals surface area contributed by atoms with Gasteiger partial charge in [0.25, 0.3) is 0 Å². The van der Waals surface area contributed by atoms with E-state index in [-0.39, 0.29) is 6.04 Å². The number of hydrogen-bond donors (Lipinski definition) is 1. The van der Waals surface area contributed by atoms with Gasteiger partial charge in [-0.3, -0.25) is 0 Å². The highest BCUT2D eigenvalue weighted by Gasteiger charge is 2.15. The number of likely N-dealkylation sites (N-methyl/N-ethyl adjacent to an activating group) is 1. The molecule has 0 saturated heterocycles. The standard InChI is InChI=1S/C13H13Br2NO/c1-16-12(11-5-6-17-13(11)15)8-9-3-2-4-10(14)7-9/h2-7,12,16H,8H2,1H3. The summed E-state index contributed by atoms with van der Waals surface area (Å²) in [7, 11) is 1.96. The summed E-state index contributed by atoms with van der Waals surface area (Å²) in [4.78, 5) is 0. The Morgan fingerprint density at radius 3 is 2.71 bits per heavy atom. The summed E-state index contributed by atoms with van der Waals surface area (Å²) in [5.74, 6) is 0. The van der Waals surface area contributed by atoms with Crippen LogP contribution < -0.4 is 5.32 Å². The molecule has 0 aliphatic heterocycles. The van der Waals surface area contributed by atoms with Gasteiger partial charge in [-0.1, -0.05) is 28.1 Å². The average molecular weight is 359 g/mol. The van der Waals surface area contributed by atoms with Crippen molar-refractivity contribution in [3.63, 3.8) is 0 Å². The molecule has 1 atom stereocenters. The van der Waals surface area contributed by atoms with E-state index in [0.29, 0.717) is 0 Å². The lowest BCUT2D eigenvalue weighted by Crippen LogP contribution is -2.18. The highest BCUT2D eigenvalue weighted by atomic mass is 79.9. The molecule has 1 N–H and O–H groups in total. The summed E-state index contributed by atoms with van der Waals surface area (Å²) in [5, 5.41) is 3.31. The molecule has 0 amide bonds. The molecule has 4 heteroatoms. The van der Waals surface area contributed by atoms with E-state index < -0.39 is 0 Å². The van der Waals surface area contributed by atoms with Gasteiger partial charge in [0.15, 0.2) is 4.67 Å². The van der Waals surface area contributed by atoms with Gasteiger partial charge in [0.1, 0.15) is 0 Å². The maximum atomic E-state index is 5.28. The monoisotopic (exact) mass is 357 g/mol. The molecule has 0 spiro atoms. The van der Waals surface area contributed by atoms with Crippen LogP contribution in [0.1, 0.15) is 17.2 Å². The molecule has 0 aliphatic rings. The second kappa shape index (κ2) is 5.85. The van der Waals surface area contributed by atoms with E-state index in [1.165, 1.54) is 5.56 Å². The molecule has 1 aromatic heterocycles. The van der Waals surface area contributed by atoms with Crippen molar-refractivity contribution in [1.82, 2.24) is 5.32 Å². The van der Waals surface area contributed by atoms with Gasteiger partial charge in [-0.2, -0.15) is 0 Å². The molecule has 0 radical (unpaired) electrons. The first-order chi connectivity index (χ1) is 8.20. The van der Waals surface area contributed by atoms with Gasteiger partial charge in [-0.05, 0) is 53.2 Å². The van der Waals surface area contributed by atoms with E-state index in [1.807, 2.05) is 19.2 Å². The lowest BCUT2D eigenvalue weighted by Gasteiger charge is -2.15. The Kier molecular flexibility index (Phi) is 4.42. The third-order valence-corrected chi connectivity index (χ3v) is 3.84. The van der Waals surface area contributed by atoms with E-state index >= 15 is 0 Å². The number of furan rings is 1. The molecule has 0 fully saturated rings. The van der Waals surface area contributed by atoms with Crippen molar-refractivity contribution in [2.45, 2.75) is 12.5 Å². The van der Waals surface area contributed by atoms with Crippen LogP contribution >= 0.6 is 31.9 Å². The first kappa shape index (κ1) is 12.9. The van der Waals surface area contributed by atoms with Crippen molar-refractivity contribution in [1.29, 1.82) is 0 Å². The summed E-state index contributed by atoms with van der Waals surface area (Å²) in [5.41, 5.74) is 2.43. The number of nitrogens with one attached hydrogen (secondary N) is 1. The lowest BCUT2D eigenvalue weighted by molar-refractivity contribution is 0.518. The SMILES string of the molecule is CNC(Cc1cccc(Br)c1)c1ccoc1Br. The molecule has 2 rings (SSSR count). The van der Waals surface area contributed by atoms with Gasteiger partial charge >= 0.3 is 0 Å². The van der Waals surface area contributed by atoms with Gasteiger partial charge in [0.2, 0.25) is 0 Å². The number of benzene rings is 1. The fraction of sp³-hybridized carbons (Fsp3) is 0.231. The molecule has 0 saturated carbocycles. The molecule has 1 unspecified atom stereocenters. The average Bonchev–Trinajstić information content (AvgIpc) is 2.72. The Hall–Kier alpha value is -0.580. The first-order valence-electron chi connectivity index (χ1n) is 5.35. The topological polar surface area (TPSA) is 25.2 Å². The molecule has 2 nitrogen and oxygen atoms in total. The van der Waals surface area contributed by atoms with Crippen LogP contribution in [0.3, 0.4) is 0 Å². The fourth-order valence-electron chi connectivity index (χ4n) is 1.82. The Morgan fingerprint density at radius 2 is 2.12 bits per heavy atom. The zero-order chi connectivity index (χ0) is 12.3. The maximum Gasteiger partial charge on any atom is 0.173 e. The summed E-state index contributed by atoms with van der Waals surface area (Å²) in [6.07, 6.45) is 2.62. The van der Waals surface area contributed by atoms with Gasteiger partial charge in [-0.25, -0.2) is 0 Å². The van der Waals surface area contributed by atoms with Crippen molar-refractivity contribution in [2.75, 3.05) is 7.05 Å². The molecule has 0 aliphatic carbocycles. The van der Waals surface area contributed by atoms with E-state index in [1.54, 1.807) is 6.26 Å². The van der Waals surface area contributed by atoms with Crippen LogP contribution in [0.4, 0.5) is 0 Å². The predicted octanol–water partition coefficient (Wildman–Crippen LogP) is 4.31. The van der Waals surface area contributed by atoms with Crippen LogP contribution in [0.5, 0.6) is 0 Å². The van der Waals surface area contributed by atoms with Crippen molar-refractivity contribution in [2.24, 2.45) is 0 Å². The highest BCUT2D eigenvalue weighted by Crippen LogP contribution is 2.27. The largest absolute Gasteiger partial charge is 0.457 e. The van der Waals surface area contributed by atoms with Crippen molar-refractivity contribution in [3.05, 3.63) is 56.9 Å². The van der Waals surface area contributed by atoms with Crippen molar-refractivity contribution >= 4 is 31.9 Å². The van der Waals surface area contributed by atoms with Crippen LogP contribution in [-0.2, 0) is 6.42 Å². The Labute approximate surface area is 118 Å². The van der Waals surface area contributed by atoms with E-state index in [9.17, 15) is 0 Å². The van der Waals surface area contributed by atoms with Crippen LogP contribution in [0.25, 0.3) is 0 Å². The van der Waals surface area contributed by atoms with Crippen molar-refractivity contribution in [3.8, 4) is 0 Å². The van der Waals surface area contributed by atoms with E-state index in [4.69, 9.17) is 4.42 Å². The predicted molar refractivity (Wildman–Crippen MR) is 76.1 cm³/mol. The normalized spacial score (nSPS) is 12.6. The summed E-state index contributed by atoms with van der Waals surface area (Å²) in [6, 6.07) is 10.6. The second-order valence-electron chi connectivity index (χ2n) is 3.82. The summed E-state index contributed by atoms with van der Waals surface area (Å²) < 4.78 is 7.18.